The summed E-state index contributed by atoms with van der Waals surface area (Å²) >= 11 is 6.03. The Labute approximate surface area is 134 Å². The van der Waals surface area contributed by atoms with Gasteiger partial charge in [-0.2, -0.15) is 0 Å². The maximum absolute atomic E-state index is 12.8. The number of amides is 1. The Kier molecular flexibility index (Phi) is 3.96. The third kappa shape index (κ3) is 2.63. The van der Waals surface area contributed by atoms with E-state index in [0.717, 1.165) is 31.3 Å². The highest BCUT2D eigenvalue weighted by molar-refractivity contribution is 6.31. The van der Waals surface area contributed by atoms with E-state index >= 15 is 0 Å². The fourth-order valence-electron chi connectivity index (χ4n) is 3.01. The summed E-state index contributed by atoms with van der Waals surface area (Å²) in [5.41, 5.74) is 1.27. The number of piperidine rings is 1. The predicted molar refractivity (Wildman–Crippen MR) is 87.6 cm³/mol. The molecule has 0 spiro atoms. The van der Waals surface area contributed by atoms with Crippen molar-refractivity contribution in [3.8, 4) is 0 Å². The average molecular weight is 319 g/mol. The van der Waals surface area contributed by atoms with E-state index in [4.69, 9.17) is 11.6 Å². The molecule has 4 nitrogen and oxygen atoms in total. The first kappa shape index (κ1) is 15.1. The molecule has 0 N–H and O–H groups in total. The SMILES string of the molecule is CC(=O)n1cc(C(=O)N2CCC(C)CC2)c2ccc(Cl)cc21. The van der Waals surface area contributed by atoms with E-state index in [1.165, 1.54) is 11.5 Å². The number of carbonyl (C=O) groups excluding carboxylic acids is 2. The molecule has 116 valence electrons. The van der Waals surface area contributed by atoms with Gasteiger partial charge in [-0.05, 0) is 30.9 Å². The van der Waals surface area contributed by atoms with E-state index in [1.807, 2.05) is 11.0 Å². The van der Waals surface area contributed by atoms with Gasteiger partial charge in [-0.1, -0.05) is 24.6 Å². The zero-order valence-corrected chi connectivity index (χ0v) is 13.6. The van der Waals surface area contributed by atoms with Crippen LogP contribution >= 0.6 is 11.6 Å². The van der Waals surface area contributed by atoms with Gasteiger partial charge in [0.2, 0.25) is 5.91 Å². The summed E-state index contributed by atoms with van der Waals surface area (Å²) in [7, 11) is 0. The zero-order valence-electron chi connectivity index (χ0n) is 12.8. The van der Waals surface area contributed by atoms with Crippen molar-refractivity contribution in [1.82, 2.24) is 9.47 Å². The Bertz CT molecular complexity index is 742. The van der Waals surface area contributed by atoms with Gasteiger partial charge in [-0.15, -0.1) is 0 Å². The summed E-state index contributed by atoms with van der Waals surface area (Å²) in [4.78, 5) is 26.5. The second kappa shape index (κ2) is 5.76. The minimum absolute atomic E-state index is 0.000720. The lowest BCUT2D eigenvalue weighted by Gasteiger charge is -2.30. The highest BCUT2D eigenvalue weighted by Crippen LogP contribution is 2.27. The molecule has 0 radical (unpaired) electrons. The number of aromatic nitrogens is 1. The first-order chi connectivity index (χ1) is 10.5. The highest BCUT2D eigenvalue weighted by atomic mass is 35.5. The van der Waals surface area contributed by atoms with Crippen molar-refractivity contribution in [3.63, 3.8) is 0 Å². The molecule has 0 saturated carbocycles. The topological polar surface area (TPSA) is 42.3 Å². The Hall–Kier alpha value is -1.81. The Morgan fingerprint density at radius 1 is 1.23 bits per heavy atom. The number of nitrogens with zero attached hydrogens (tertiary/aromatic N) is 2. The van der Waals surface area contributed by atoms with Crippen LogP contribution < -0.4 is 0 Å². The number of rotatable bonds is 1. The molecule has 2 heterocycles. The van der Waals surface area contributed by atoms with Crippen LogP contribution in [0.3, 0.4) is 0 Å². The van der Waals surface area contributed by atoms with Crippen LogP contribution in [0.1, 0.15) is 41.8 Å². The van der Waals surface area contributed by atoms with E-state index < -0.39 is 0 Å². The monoisotopic (exact) mass is 318 g/mol. The van der Waals surface area contributed by atoms with E-state index in [1.54, 1.807) is 18.3 Å². The summed E-state index contributed by atoms with van der Waals surface area (Å²) in [6.07, 6.45) is 3.70. The van der Waals surface area contributed by atoms with Gasteiger partial charge in [0, 0.05) is 36.6 Å². The first-order valence-electron chi connectivity index (χ1n) is 7.58. The molecular formula is C17H19ClN2O2. The van der Waals surface area contributed by atoms with Gasteiger partial charge >= 0.3 is 0 Å². The number of fused-ring (bicyclic) bond motifs is 1. The molecule has 0 aliphatic carbocycles. The van der Waals surface area contributed by atoms with Crippen molar-refractivity contribution < 1.29 is 9.59 Å². The molecule has 0 atom stereocenters. The second-order valence-electron chi connectivity index (χ2n) is 6.07. The quantitative estimate of drug-likeness (QED) is 0.802. The number of hydrogen-bond acceptors (Lipinski definition) is 2. The molecule has 1 saturated heterocycles. The van der Waals surface area contributed by atoms with Crippen molar-refractivity contribution in [1.29, 1.82) is 0 Å². The van der Waals surface area contributed by atoms with Crippen molar-refractivity contribution in [2.75, 3.05) is 13.1 Å². The third-order valence-corrected chi connectivity index (χ3v) is 4.64. The van der Waals surface area contributed by atoms with E-state index in [9.17, 15) is 9.59 Å². The largest absolute Gasteiger partial charge is 0.339 e. The fraction of sp³-hybridized carbons (Fsp3) is 0.412. The van der Waals surface area contributed by atoms with Crippen LogP contribution in [-0.4, -0.2) is 34.4 Å². The van der Waals surface area contributed by atoms with Crippen LogP contribution in [0.25, 0.3) is 10.9 Å². The molecule has 1 aromatic carbocycles. The molecule has 0 bridgehead atoms. The summed E-state index contributed by atoms with van der Waals surface area (Å²) in [6.45, 7) is 5.25. The van der Waals surface area contributed by atoms with Crippen LogP contribution in [0.2, 0.25) is 5.02 Å². The van der Waals surface area contributed by atoms with Crippen LogP contribution in [0.4, 0.5) is 0 Å². The van der Waals surface area contributed by atoms with E-state index in [0.29, 0.717) is 22.0 Å². The Morgan fingerprint density at radius 3 is 2.55 bits per heavy atom. The summed E-state index contributed by atoms with van der Waals surface area (Å²) in [5.74, 6) is 0.541. The number of likely N-dealkylation sites (tertiary alicyclic amines) is 1. The maximum Gasteiger partial charge on any atom is 0.256 e. The molecule has 3 rings (SSSR count). The third-order valence-electron chi connectivity index (χ3n) is 4.41. The van der Waals surface area contributed by atoms with E-state index in [-0.39, 0.29) is 11.8 Å². The van der Waals surface area contributed by atoms with Gasteiger partial charge < -0.3 is 4.90 Å². The summed E-state index contributed by atoms with van der Waals surface area (Å²) < 4.78 is 1.50. The summed E-state index contributed by atoms with van der Waals surface area (Å²) in [6, 6.07) is 5.30. The van der Waals surface area contributed by atoms with Gasteiger partial charge in [0.05, 0.1) is 11.1 Å². The van der Waals surface area contributed by atoms with Crippen molar-refractivity contribution in [2.24, 2.45) is 5.92 Å². The minimum Gasteiger partial charge on any atom is -0.339 e. The Balaban J connectivity index is 2.03. The van der Waals surface area contributed by atoms with Crippen LogP contribution in [0.15, 0.2) is 24.4 Å². The van der Waals surface area contributed by atoms with Gasteiger partial charge in [0.25, 0.3) is 5.91 Å². The molecular weight excluding hydrogens is 300 g/mol. The second-order valence-corrected chi connectivity index (χ2v) is 6.50. The number of halogens is 1. The number of carbonyl (C=O) groups is 2. The van der Waals surface area contributed by atoms with E-state index in [2.05, 4.69) is 6.92 Å². The van der Waals surface area contributed by atoms with Crippen LogP contribution in [0.5, 0.6) is 0 Å². The van der Waals surface area contributed by atoms with Crippen molar-refractivity contribution in [2.45, 2.75) is 26.7 Å². The highest BCUT2D eigenvalue weighted by Gasteiger charge is 2.25. The zero-order chi connectivity index (χ0) is 15.9. The number of hydrogen-bond donors (Lipinski definition) is 0. The number of benzene rings is 1. The average Bonchev–Trinajstić information content (AvgIpc) is 2.86. The molecule has 5 heteroatoms. The lowest BCUT2D eigenvalue weighted by atomic mass is 9.98. The van der Waals surface area contributed by atoms with Crippen LogP contribution in [0, 0.1) is 5.92 Å². The van der Waals surface area contributed by atoms with Gasteiger partial charge in [0.1, 0.15) is 0 Å². The van der Waals surface area contributed by atoms with Crippen molar-refractivity contribution >= 4 is 34.3 Å². The molecule has 2 aromatic rings. The molecule has 1 amide bonds. The van der Waals surface area contributed by atoms with Crippen LogP contribution in [-0.2, 0) is 0 Å². The Morgan fingerprint density at radius 2 is 1.91 bits per heavy atom. The first-order valence-corrected chi connectivity index (χ1v) is 7.96. The van der Waals surface area contributed by atoms with Gasteiger partial charge in [-0.25, -0.2) is 0 Å². The van der Waals surface area contributed by atoms with Gasteiger partial charge in [0.15, 0.2) is 0 Å². The molecule has 1 aliphatic rings. The lowest BCUT2D eigenvalue weighted by Crippen LogP contribution is -2.37. The maximum atomic E-state index is 12.8. The van der Waals surface area contributed by atoms with Crippen molar-refractivity contribution in [3.05, 3.63) is 35.0 Å². The molecule has 22 heavy (non-hydrogen) atoms. The lowest BCUT2D eigenvalue weighted by molar-refractivity contribution is 0.0699. The fourth-order valence-corrected chi connectivity index (χ4v) is 3.18. The normalized spacial score (nSPS) is 16.2. The predicted octanol–water partition coefficient (Wildman–Crippen LogP) is 3.83. The minimum atomic E-state index is -0.126. The molecule has 0 unspecified atom stereocenters. The molecule has 1 aromatic heterocycles. The standard InChI is InChI=1S/C17H19ClN2O2/c1-11-5-7-19(8-6-11)17(22)15-10-20(12(2)21)16-9-13(18)3-4-14(15)16/h3-4,9-11H,5-8H2,1-2H3. The van der Waals surface area contributed by atoms with Gasteiger partial charge in [-0.3, -0.25) is 14.2 Å². The summed E-state index contributed by atoms with van der Waals surface area (Å²) in [5, 5.41) is 1.34. The molecule has 1 aliphatic heterocycles. The smallest absolute Gasteiger partial charge is 0.256 e. The molecule has 1 fully saturated rings.